The summed E-state index contributed by atoms with van der Waals surface area (Å²) in [7, 11) is 0. The molecule has 0 bridgehead atoms. The normalized spacial score (nSPS) is 13.7. The maximum absolute atomic E-state index is 10.5. The van der Waals surface area contributed by atoms with Crippen molar-refractivity contribution in [3.63, 3.8) is 0 Å². The van der Waals surface area contributed by atoms with Gasteiger partial charge in [0.2, 0.25) is 0 Å². The van der Waals surface area contributed by atoms with E-state index in [2.05, 4.69) is 36.4 Å². The van der Waals surface area contributed by atoms with E-state index in [-0.39, 0.29) is 0 Å². The summed E-state index contributed by atoms with van der Waals surface area (Å²) in [5.74, 6) is 0.626. The molecule has 0 atom stereocenters. The number of aromatic hydroxyl groups is 2. The van der Waals surface area contributed by atoms with E-state index >= 15 is 0 Å². The Hall–Kier alpha value is -3.66. The smallest absolute Gasteiger partial charge is 0.121 e. The van der Waals surface area contributed by atoms with Crippen LogP contribution in [0.1, 0.15) is 44.5 Å². The van der Waals surface area contributed by atoms with Gasteiger partial charge in [-0.25, -0.2) is 0 Å². The highest BCUT2D eigenvalue weighted by Crippen LogP contribution is 2.55. The number of phenols is 2. The minimum atomic E-state index is -0.653. The van der Waals surface area contributed by atoms with Crippen molar-refractivity contribution < 1.29 is 10.2 Å². The summed E-state index contributed by atoms with van der Waals surface area (Å²) in [4.78, 5) is 9.42. The predicted molar refractivity (Wildman–Crippen MR) is 122 cm³/mol. The van der Waals surface area contributed by atoms with Gasteiger partial charge >= 0.3 is 0 Å². The topological polar surface area (TPSA) is 66.2 Å². The molecule has 154 valence electrons. The lowest BCUT2D eigenvalue weighted by Gasteiger charge is -2.34. The maximum Gasteiger partial charge on any atom is 0.121 e. The van der Waals surface area contributed by atoms with Crippen LogP contribution in [0.5, 0.6) is 11.5 Å². The van der Waals surface area contributed by atoms with E-state index in [1.165, 1.54) is 0 Å². The first-order chi connectivity index (χ1) is 14.9. The number of nitrogens with zero attached hydrogens (tertiary/aromatic N) is 2. The monoisotopic (exact) mass is 408 g/mol. The Kier molecular flexibility index (Phi) is 4.16. The van der Waals surface area contributed by atoms with Crippen molar-refractivity contribution in [2.75, 3.05) is 0 Å². The van der Waals surface area contributed by atoms with Crippen LogP contribution in [0.2, 0.25) is 0 Å². The van der Waals surface area contributed by atoms with E-state index in [0.29, 0.717) is 11.5 Å². The van der Waals surface area contributed by atoms with E-state index < -0.39 is 5.41 Å². The third-order valence-corrected chi connectivity index (χ3v) is 6.50. The van der Waals surface area contributed by atoms with Gasteiger partial charge in [0, 0.05) is 12.4 Å². The van der Waals surface area contributed by atoms with Gasteiger partial charge in [0.15, 0.2) is 0 Å². The third kappa shape index (κ3) is 2.54. The molecule has 4 nitrogen and oxygen atoms in total. The molecule has 2 aromatic heterocycles. The Bertz CT molecular complexity index is 1210. The second-order valence-electron chi connectivity index (χ2n) is 8.47. The quantitative estimate of drug-likeness (QED) is 0.406. The molecule has 0 unspecified atom stereocenters. The van der Waals surface area contributed by atoms with Gasteiger partial charge in [0.05, 0.1) is 16.8 Å². The first-order valence-corrected chi connectivity index (χ1v) is 10.4. The second kappa shape index (κ2) is 6.67. The molecule has 1 aliphatic rings. The fourth-order valence-corrected chi connectivity index (χ4v) is 5.07. The van der Waals surface area contributed by atoms with Gasteiger partial charge in [0.1, 0.15) is 11.5 Å². The third-order valence-electron chi connectivity index (χ3n) is 6.50. The van der Waals surface area contributed by atoms with Crippen LogP contribution in [0, 0.1) is 27.7 Å². The molecule has 4 aromatic rings. The zero-order valence-corrected chi connectivity index (χ0v) is 18.1. The van der Waals surface area contributed by atoms with Crippen LogP contribution >= 0.6 is 0 Å². The number of rotatable bonds is 2. The molecule has 1 aliphatic carbocycles. The highest BCUT2D eigenvalue weighted by atomic mass is 16.3. The molecule has 0 saturated carbocycles. The summed E-state index contributed by atoms with van der Waals surface area (Å²) < 4.78 is 0. The Balaban J connectivity index is 2.00. The lowest BCUT2D eigenvalue weighted by molar-refractivity contribution is 0.466. The number of hydrogen-bond donors (Lipinski definition) is 2. The van der Waals surface area contributed by atoms with Gasteiger partial charge in [-0.15, -0.1) is 0 Å². The van der Waals surface area contributed by atoms with E-state index in [1.807, 2.05) is 39.8 Å². The highest BCUT2D eigenvalue weighted by Gasteiger charge is 2.48. The van der Waals surface area contributed by atoms with Gasteiger partial charge in [0.25, 0.3) is 0 Å². The summed E-state index contributed by atoms with van der Waals surface area (Å²) in [6.45, 7) is 7.71. The van der Waals surface area contributed by atoms with Crippen molar-refractivity contribution in [3.05, 3.63) is 105 Å². The molecule has 2 heterocycles. The van der Waals surface area contributed by atoms with Crippen LogP contribution in [-0.4, -0.2) is 20.2 Å². The Morgan fingerprint density at radius 2 is 0.968 bits per heavy atom. The van der Waals surface area contributed by atoms with Gasteiger partial charge < -0.3 is 10.2 Å². The van der Waals surface area contributed by atoms with Crippen LogP contribution in [0.25, 0.3) is 11.4 Å². The summed E-state index contributed by atoms with van der Waals surface area (Å²) in [6.07, 6.45) is 3.60. The number of pyridine rings is 2. The van der Waals surface area contributed by atoms with Crippen LogP contribution in [0.3, 0.4) is 0 Å². The average Bonchev–Trinajstić information content (AvgIpc) is 3.06. The van der Waals surface area contributed by atoms with Gasteiger partial charge in [-0.1, -0.05) is 36.4 Å². The number of fused-ring (bicyclic) bond motifs is 3. The minimum absolute atomic E-state index is 0.313. The maximum atomic E-state index is 10.5. The molecule has 2 N–H and O–H groups in total. The standard InChI is InChI=1S/C27H24N2O2/c1-15-11-19(12-16(2)25(15)30)27(20-13-17(3)26(31)18(4)14-20)21-7-5-9-28-23(21)24-22(27)8-6-10-29-24/h5-14,30-31H,1-4H3. The number of aryl methyl sites for hydroxylation is 4. The van der Waals surface area contributed by atoms with Crippen molar-refractivity contribution in [3.8, 4) is 22.9 Å². The summed E-state index contributed by atoms with van der Waals surface area (Å²) >= 11 is 0. The molecule has 0 aliphatic heterocycles. The summed E-state index contributed by atoms with van der Waals surface area (Å²) in [5, 5.41) is 21.0. The lowest BCUT2D eigenvalue weighted by Crippen LogP contribution is -2.29. The van der Waals surface area contributed by atoms with Gasteiger partial charge in [-0.05, 0) is 84.3 Å². The van der Waals surface area contributed by atoms with E-state index in [0.717, 1.165) is 55.9 Å². The summed E-state index contributed by atoms with van der Waals surface area (Å²) in [5.41, 5.74) is 8.57. The van der Waals surface area contributed by atoms with Crippen LogP contribution in [-0.2, 0) is 5.41 Å². The molecular formula is C27H24N2O2. The van der Waals surface area contributed by atoms with E-state index in [9.17, 15) is 10.2 Å². The van der Waals surface area contributed by atoms with Crippen molar-refractivity contribution >= 4 is 0 Å². The molecule has 0 amide bonds. The Labute approximate surface area is 181 Å². The number of benzene rings is 2. The van der Waals surface area contributed by atoms with E-state index in [4.69, 9.17) is 9.97 Å². The molecule has 5 rings (SSSR count). The second-order valence-corrected chi connectivity index (χ2v) is 8.47. The SMILES string of the molecule is Cc1cc(C2(c3cc(C)c(O)c(C)c3)c3cccnc3-c3ncccc32)cc(C)c1O. The minimum Gasteiger partial charge on any atom is -0.507 e. The molecule has 31 heavy (non-hydrogen) atoms. The van der Waals surface area contributed by atoms with Crippen LogP contribution in [0.4, 0.5) is 0 Å². The van der Waals surface area contributed by atoms with Gasteiger partial charge in [-0.2, -0.15) is 0 Å². The van der Waals surface area contributed by atoms with Gasteiger partial charge in [-0.3, -0.25) is 9.97 Å². The zero-order valence-electron chi connectivity index (χ0n) is 18.1. The molecule has 0 saturated heterocycles. The van der Waals surface area contributed by atoms with Crippen LogP contribution in [0.15, 0.2) is 60.9 Å². The molecule has 0 radical (unpaired) electrons. The lowest BCUT2D eigenvalue weighted by atomic mass is 9.67. The molecule has 0 spiro atoms. The Morgan fingerprint density at radius 1 is 0.613 bits per heavy atom. The average molecular weight is 409 g/mol. The number of phenolic OH excluding ortho intramolecular Hbond substituents is 2. The summed E-state index contributed by atoms with van der Waals surface area (Å²) in [6, 6.07) is 16.4. The molecule has 0 fully saturated rings. The zero-order chi connectivity index (χ0) is 21.9. The van der Waals surface area contributed by atoms with Crippen molar-refractivity contribution in [2.24, 2.45) is 0 Å². The largest absolute Gasteiger partial charge is 0.507 e. The Morgan fingerprint density at radius 3 is 1.32 bits per heavy atom. The van der Waals surface area contributed by atoms with E-state index in [1.54, 1.807) is 12.4 Å². The highest BCUT2D eigenvalue weighted by molar-refractivity contribution is 5.82. The fourth-order valence-electron chi connectivity index (χ4n) is 5.07. The molecular weight excluding hydrogens is 384 g/mol. The first kappa shape index (κ1) is 19.3. The predicted octanol–water partition coefficient (Wildman–Crippen LogP) is 5.48. The van der Waals surface area contributed by atoms with Crippen LogP contribution < -0.4 is 0 Å². The number of aromatic nitrogens is 2. The molecule has 4 heteroatoms. The number of hydrogen-bond acceptors (Lipinski definition) is 4. The van der Waals surface area contributed by atoms with Crippen molar-refractivity contribution in [1.29, 1.82) is 0 Å². The first-order valence-electron chi connectivity index (χ1n) is 10.4. The van der Waals surface area contributed by atoms with Crippen molar-refractivity contribution in [1.82, 2.24) is 9.97 Å². The fraction of sp³-hybridized carbons (Fsp3) is 0.185. The van der Waals surface area contributed by atoms with Crippen molar-refractivity contribution in [2.45, 2.75) is 33.1 Å². The molecule has 2 aromatic carbocycles.